The number of nitrogens with zero attached hydrogens (tertiary/aromatic N) is 3. The van der Waals surface area contributed by atoms with Crippen LogP contribution in [0.2, 0.25) is 0 Å². The Morgan fingerprint density at radius 2 is 1.77 bits per heavy atom. The van der Waals surface area contributed by atoms with Crippen molar-refractivity contribution in [3.05, 3.63) is 54.1 Å². The Labute approximate surface area is 152 Å². The van der Waals surface area contributed by atoms with Crippen LogP contribution in [-0.4, -0.2) is 61.4 Å². The fourth-order valence-corrected chi connectivity index (χ4v) is 4.00. The van der Waals surface area contributed by atoms with Crippen LogP contribution >= 0.6 is 0 Å². The summed E-state index contributed by atoms with van der Waals surface area (Å²) >= 11 is 0. The fraction of sp³-hybridized carbons (Fsp3) is 0.353. The summed E-state index contributed by atoms with van der Waals surface area (Å²) in [6.45, 7) is 1.92. The van der Waals surface area contributed by atoms with Crippen molar-refractivity contribution in [1.82, 2.24) is 19.6 Å². The van der Waals surface area contributed by atoms with Gasteiger partial charge < -0.3 is 10.1 Å². The second kappa shape index (κ2) is 8.35. The second-order valence-corrected chi connectivity index (χ2v) is 7.73. The van der Waals surface area contributed by atoms with Crippen molar-refractivity contribution < 1.29 is 17.9 Å². The quantitative estimate of drug-likeness (QED) is 0.786. The summed E-state index contributed by atoms with van der Waals surface area (Å²) in [6.07, 6.45) is 5.47. The average Bonchev–Trinajstić information content (AvgIpc) is 2.69. The molecular formula is C17H20N4O4S. The lowest BCUT2D eigenvalue weighted by Gasteiger charge is -2.26. The van der Waals surface area contributed by atoms with Crippen molar-refractivity contribution in [2.24, 2.45) is 0 Å². The number of amides is 1. The van der Waals surface area contributed by atoms with E-state index < -0.39 is 10.0 Å². The van der Waals surface area contributed by atoms with Gasteiger partial charge in [0, 0.05) is 37.6 Å². The number of nitrogens with one attached hydrogen (secondary N) is 1. The van der Waals surface area contributed by atoms with Gasteiger partial charge in [-0.2, -0.15) is 4.31 Å². The third-order valence-electron chi connectivity index (χ3n) is 4.04. The van der Waals surface area contributed by atoms with E-state index >= 15 is 0 Å². The molecule has 2 heterocycles. The van der Waals surface area contributed by atoms with E-state index in [4.69, 9.17) is 4.74 Å². The van der Waals surface area contributed by atoms with Gasteiger partial charge in [0.15, 0.2) is 0 Å². The lowest BCUT2D eigenvalue weighted by Crippen LogP contribution is -2.40. The highest BCUT2D eigenvalue weighted by Crippen LogP contribution is 2.17. The maximum Gasteiger partial charge on any atom is 0.251 e. The van der Waals surface area contributed by atoms with E-state index in [2.05, 4.69) is 15.3 Å². The zero-order chi connectivity index (χ0) is 18.4. The molecule has 1 saturated heterocycles. The lowest BCUT2D eigenvalue weighted by atomic mass is 10.2. The number of sulfonamides is 1. The Balaban J connectivity index is 1.59. The van der Waals surface area contributed by atoms with Crippen LogP contribution in [0.5, 0.6) is 0 Å². The highest BCUT2D eigenvalue weighted by molar-refractivity contribution is 7.89. The Kier molecular flexibility index (Phi) is 5.92. The number of hydrogen-bond donors (Lipinski definition) is 1. The van der Waals surface area contributed by atoms with Crippen molar-refractivity contribution in [3.8, 4) is 0 Å². The standard InChI is InChI=1S/C17H20N4O4S/c22-17(20-6-5-14-11-18-13-19-12-14)15-1-3-16(4-2-15)26(23,24)21-7-9-25-10-8-21/h1-4,11-13H,5-10H2,(H,20,22). The topological polar surface area (TPSA) is 101 Å². The Hall–Kier alpha value is -2.36. The third kappa shape index (κ3) is 4.43. The van der Waals surface area contributed by atoms with E-state index in [1.165, 1.54) is 34.9 Å². The maximum atomic E-state index is 12.6. The highest BCUT2D eigenvalue weighted by atomic mass is 32.2. The summed E-state index contributed by atoms with van der Waals surface area (Å²) in [6, 6.07) is 5.97. The molecular weight excluding hydrogens is 356 g/mol. The molecule has 8 nitrogen and oxygen atoms in total. The van der Waals surface area contributed by atoms with Gasteiger partial charge in [-0.25, -0.2) is 18.4 Å². The van der Waals surface area contributed by atoms with Crippen LogP contribution in [0.1, 0.15) is 15.9 Å². The number of carbonyl (C=O) groups excluding carboxylic acids is 1. The molecule has 26 heavy (non-hydrogen) atoms. The summed E-state index contributed by atoms with van der Waals surface area (Å²) in [5.74, 6) is -0.253. The van der Waals surface area contributed by atoms with Gasteiger partial charge >= 0.3 is 0 Å². The molecule has 1 aromatic heterocycles. The van der Waals surface area contributed by atoms with Crippen LogP contribution in [0.25, 0.3) is 0 Å². The van der Waals surface area contributed by atoms with Crippen molar-refractivity contribution >= 4 is 15.9 Å². The molecule has 0 radical (unpaired) electrons. The first kappa shape index (κ1) is 18.4. The van der Waals surface area contributed by atoms with Crippen LogP contribution in [0, 0.1) is 0 Å². The van der Waals surface area contributed by atoms with Gasteiger partial charge in [0.1, 0.15) is 6.33 Å². The Bertz CT molecular complexity index is 835. The summed E-state index contributed by atoms with van der Waals surface area (Å²) in [7, 11) is -3.55. The largest absolute Gasteiger partial charge is 0.379 e. The van der Waals surface area contributed by atoms with Gasteiger partial charge in [-0.05, 0) is 36.2 Å². The third-order valence-corrected chi connectivity index (χ3v) is 5.95. The van der Waals surface area contributed by atoms with Crippen LogP contribution < -0.4 is 5.32 Å². The van der Waals surface area contributed by atoms with Gasteiger partial charge in [-0.1, -0.05) is 0 Å². The normalized spacial score (nSPS) is 15.5. The molecule has 0 unspecified atom stereocenters. The molecule has 0 aliphatic carbocycles. The van der Waals surface area contributed by atoms with Crippen LogP contribution in [0.15, 0.2) is 47.9 Å². The number of ether oxygens (including phenoxy) is 1. The molecule has 1 N–H and O–H groups in total. The van der Waals surface area contributed by atoms with Crippen molar-refractivity contribution in [2.45, 2.75) is 11.3 Å². The minimum atomic E-state index is -3.55. The number of carbonyl (C=O) groups is 1. The monoisotopic (exact) mass is 376 g/mol. The molecule has 3 rings (SSSR count). The molecule has 0 bridgehead atoms. The number of rotatable bonds is 6. The minimum absolute atomic E-state index is 0.178. The van der Waals surface area contributed by atoms with Gasteiger partial charge in [-0.15, -0.1) is 0 Å². The molecule has 2 aromatic rings. The Morgan fingerprint density at radius 1 is 1.12 bits per heavy atom. The average molecular weight is 376 g/mol. The molecule has 138 valence electrons. The molecule has 1 aromatic carbocycles. The summed E-state index contributed by atoms with van der Waals surface area (Å²) < 4.78 is 31.7. The van der Waals surface area contributed by atoms with Crippen molar-refractivity contribution in [2.75, 3.05) is 32.8 Å². The van der Waals surface area contributed by atoms with E-state index in [0.717, 1.165) is 5.56 Å². The Morgan fingerprint density at radius 3 is 2.42 bits per heavy atom. The minimum Gasteiger partial charge on any atom is -0.379 e. The van der Waals surface area contributed by atoms with Gasteiger partial charge in [0.25, 0.3) is 5.91 Å². The molecule has 1 aliphatic rings. The van der Waals surface area contributed by atoms with E-state index in [-0.39, 0.29) is 10.8 Å². The molecule has 1 aliphatic heterocycles. The number of hydrogen-bond acceptors (Lipinski definition) is 6. The van der Waals surface area contributed by atoms with Crippen molar-refractivity contribution in [1.29, 1.82) is 0 Å². The predicted octanol–water partition coefficient (Wildman–Crippen LogP) is 0.470. The predicted molar refractivity (Wildman–Crippen MR) is 94.1 cm³/mol. The first-order chi connectivity index (χ1) is 12.6. The zero-order valence-corrected chi connectivity index (χ0v) is 15.0. The first-order valence-corrected chi connectivity index (χ1v) is 9.71. The smallest absolute Gasteiger partial charge is 0.251 e. The van der Waals surface area contributed by atoms with Gasteiger partial charge in [-0.3, -0.25) is 4.79 Å². The first-order valence-electron chi connectivity index (χ1n) is 8.27. The van der Waals surface area contributed by atoms with E-state index in [1.54, 1.807) is 12.4 Å². The van der Waals surface area contributed by atoms with Gasteiger partial charge in [0.2, 0.25) is 10.0 Å². The van der Waals surface area contributed by atoms with Gasteiger partial charge in [0.05, 0.1) is 18.1 Å². The molecule has 9 heteroatoms. The second-order valence-electron chi connectivity index (χ2n) is 5.79. The van der Waals surface area contributed by atoms with Crippen molar-refractivity contribution in [3.63, 3.8) is 0 Å². The molecule has 0 spiro atoms. The van der Waals surface area contributed by atoms with Crippen LogP contribution in [0.3, 0.4) is 0 Å². The molecule has 1 amide bonds. The SMILES string of the molecule is O=C(NCCc1cncnc1)c1ccc(S(=O)(=O)N2CCOCC2)cc1. The highest BCUT2D eigenvalue weighted by Gasteiger charge is 2.26. The fourth-order valence-electron chi connectivity index (χ4n) is 2.60. The van der Waals surface area contributed by atoms with E-state index in [1.807, 2.05) is 0 Å². The van der Waals surface area contributed by atoms with E-state index in [0.29, 0.717) is 44.8 Å². The van der Waals surface area contributed by atoms with Crippen LogP contribution in [0.4, 0.5) is 0 Å². The summed E-state index contributed by atoms with van der Waals surface area (Å²) in [4.78, 5) is 20.2. The van der Waals surface area contributed by atoms with Crippen LogP contribution in [-0.2, 0) is 21.2 Å². The van der Waals surface area contributed by atoms with E-state index in [9.17, 15) is 13.2 Å². The molecule has 1 fully saturated rings. The molecule has 0 atom stereocenters. The lowest BCUT2D eigenvalue weighted by molar-refractivity contribution is 0.0730. The zero-order valence-electron chi connectivity index (χ0n) is 14.2. The number of benzene rings is 1. The number of morpholine rings is 1. The molecule has 0 saturated carbocycles. The number of aromatic nitrogens is 2. The summed E-state index contributed by atoms with van der Waals surface area (Å²) in [5, 5.41) is 2.80. The maximum absolute atomic E-state index is 12.6. The summed E-state index contributed by atoms with van der Waals surface area (Å²) in [5.41, 5.74) is 1.34.